The first kappa shape index (κ1) is 16.0. The van der Waals surface area contributed by atoms with Gasteiger partial charge in [0.2, 0.25) is 0 Å². The third-order valence-electron chi connectivity index (χ3n) is 4.27. The van der Waals surface area contributed by atoms with E-state index < -0.39 is 0 Å². The zero-order valence-electron chi connectivity index (χ0n) is 13.9. The van der Waals surface area contributed by atoms with Crippen LogP contribution in [0.1, 0.15) is 44.2 Å². The van der Waals surface area contributed by atoms with Crippen LogP contribution >= 0.6 is 12.2 Å². The largest absolute Gasteiger partial charge is 0.352 e. The van der Waals surface area contributed by atoms with Gasteiger partial charge in [0.15, 0.2) is 5.11 Å². The molecule has 2 aromatic heterocycles. The van der Waals surface area contributed by atoms with E-state index >= 15 is 0 Å². The standard InChI is InChI=1S/C18H24N4S/c1-4-21-11-7-9-15(21)17-16(14-8-5-6-10-19-14)20-18(23)22(17)12-13(2)3/h5-11,13,16-17H,4,12H2,1-3H3,(H,20,23)/t16-,17+/m0/s1. The highest BCUT2D eigenvalue weighted by atomic mass is 32.1. The lowest BCUT2D eigenvalue weighted by atomic mass is 10.0. The number of nitrogens with one attached hydrogen (secondary N) is 1. The summed E-state index contributed by atoms with van der Waals surface area (Å²) in [4.78, 5) is 6.89. The highest BCUT2D eigenvalue weighted by Crippen LogP contribution is 2.38. The number of hydrogen-bond donors (Lipinski definition) is 1. The van der Waals surface area contributed by atoms with Gasteiger partial charge in [-0.2, -0.15) is 0 Å². The highest BCUT2D eigenvalue weighted by Gasteiger charge is 2.40. The van der Waals surface area contributed by atoms with Crippen molar-refractivity contribution >= 4 is 17.3 Å². The molecule has 0 radical (unpaired) electrons. The van der Waals surface area contributed by atoms with Gasteiger partial charge in [-0.25, -0.2) is 0 Å². The summed E-state index contributed by atoms with van der Waals surface area (Å²) < 4.78 is 2.30. The Balaban J connectivity index is 2.03. The summed E-state index contributed by atoms with van der Waals surface area (Å²) >= 11 is 5.64. The second kappa shape index (κ2) is 6.71. The molecule has 0 aromatic carbocycles. The first-order valence-electron chi connectivity index (χ1n) is 8.25. The third kappa shape index (κ3) is 3.11. The van der Waals surface area contributed by atoms with Gasteiger partial charge in [-0.15, -0.1) is 0 Å². The lowest BCUT2D eigenvalue weighted by Gasteiger charge is -2.30. The van der Waals surface area contributed by atoms with Gasteiger partial charge in [0.05, 0.1) is 17.8 Å². The Morgan fingerprint density at radius 2 is 2.09 bits per heavy atom. The number of aryl methyl sites for hydroxylation is 1. The minimum absolute atomic E-state index is 0.0858. The number of rotatable bonds is 5. The summed E-state index contributed by atoms with van der Waals surface area (Å²) in [5.74, 6) is 0.546. The van der Waals surface area contributed by atoms with Crippen LogP contribution in [0.25, 0.3) is 0 Å². The molecule has 0 spiro atoms. The van der Waals surface area contributed by atoms with Gasteiger partial charge in [0, 0.05) is 31.2 Å². The molecule has 1 saturated heterocycles. The fourth-order valence-corrected chi connectivity index (χ4v) is 3.62. The van der Waals surface area contributed by atoms with Crippen LogP contribution in [-0.4, -0.2) is 26.1 Å². The summed E-state index contributed by atoms with van der Waals surface area (Å²) in [5, 5.41) is 4.32. The van der Waals surface area contributed by atoms with E-state index in [-0.39, 0.29) is 12.1 Å². The number of pyridine rings is 1. The van der Waals surface area contributed by atoms with Gasteiger partial charge in [-0.05, 0) is 49.3 Å². The van der Waals surface area contributed by atoms with Gasteiger partial charge >= 0.3 is 0 Å². The lowest BCUT2D eigenvalue weighted by Crippen LogP contribution is -2.33. The van der Waals surface area contributed by atoms with E-state index in [9.17, 15) is 0 Å². The first-order chi connectivity index (χ1) is 11.1. The average Bonchev–Trinajstić information content (AvgIpc) is 3.12. The Bertz CT molecular complexity index is 665. The molecule has 1 aliphatic heterocycles. The molecule has 122 valence electrons. The van der Waals surface area contributed by atoms with E-state index in [1.54, 1.807) is 0 Å². The zero-order chi connectivity index (χ0) is 16.4. The second-order valence-corrected chi connectivity index (χ2v) is 6.78. The molecule has 0 aliphatic carbocycles. The van der Waals surface area contributed by atoms with Crippen molar-refractivity contribution in [2.75, 3.05) is 6.54 Å². The van der Waals surface area contributed by atoms with E-state index in [0.717, 1.165) is 23.9 Å². The highest BCUT2D eigenvalue weighted by molar-refractivity contribution is 7.80. The topological polar surface area (TPSA) is 33.1 Å². The van der Waals surface area contributed by atoms with Crippen LogP contribution in [0.3, 0.4) is 0 Å². The maximum Gasteiger partial charge on any atom is 0.170 e. The molecule has 1 aliphatic rings. The summed E-state index contributed by atoms with van der Waals surface area (Å²) in [6.07, 6.45) is 3.99. The van der Waals surface area contributed by atoms with Crippen LogP contribution in [0.15, 0.2) is 42.7 Å². The molecule has 0 unspecified atom stereocenters. The van der Waals surface area contributed by atoms with Crippen LogP contribution in [0, 0.1) is 5.92 Å². The van der Waals surface area contributed by atoms with Crippen molar-refractivity contribution < 1.29 is 0 Å². The molecule has 0 bridgehead atoms. The van der Waals surface area contributed by atoms with Crippen LogP contribution in [0.5, 0.6) is 0 Å². The van der Waals surface area contributed by atoms with Crippen molar-refractivity contribution in [3.8, 4) is 0 Å². The van der Waals surface area contributed by atoms with E-state index in [1.807, 2.05) is 18.3 Å². The summed E-state index contributed by atoms with van der Waals surface area (Å²) in [5.41, 5.74) is 2.33. The Kier molecular flexibility index (Phi) is 4.66. The van der Waals surface area contributed by atoms with Crippen molar-refractivity contribution in [1.82, 2.24) is 19.8 Å². The van der Waals surface area contributed by atoms with E-state index in [0.29, 0.717) is 5.92 Å². The zero-order valence-corrected chi connectivity index (χ0v) is 14.8. The second-order valence-electron chi connectivity index (χ2n) is 6.39. The summed E-state index contributed by atoms with van der Waals surface area (Å²) in [6, 6.07) is 10.6. The predicted octanol–water partition coefficient (Wildman–Crippen LogP) is 3.53. The quantitative estimate of drug-likeness (QED) is 0.851. The smallest absolute Gasteiger partial charge is 0.170 e. The van der Waals surface area contributed by atoms with Crippen molar-refractivity contribution in [3.05, 3.63) is 54.1 Å². The molecule has 3 heterocycles. The van der Waals surface area contributed by atoms with Gasteiger partial charge in [0.1, 0.15) is 0 Å². The van der Waals surface area contributed by atoms with E-state index in [2.05, 4.69) is 64.9 Å². The molecule has 2 aromatic rings. The SMILES string of the molecule is CCn1cccc1[C@@H]1[C@H](c2ccccn2)NC(=S)N1CC(C)C. The Morgan fingerprint density at radius 3 is 2.74 bits per heavy atom. The molecule has 4 nitrogen and oxygen atoms in total. The van der Waals surface area contributed by atoms with Gasteiger partial charge in [0.25, 0.3) is 0 Å². The normalized spacial score (nSPS) is 21.0. The van der Waals surface area contributed by atoms with Gasteiger partial charge < -0.3 is 14.8 Å². The fraction of sp³-hybridized carbons (Fsp3) is 0.444. The first-order valence-corrected chi connectivity index (χ1v) is 8.65. The van der Waals surface area contributed by atoms with Crippen molar-refractivity contribution in [2.45, 2.75) is 39.4 Å². The molecular weight excluding hydrogens is 304 g/mol. The average molecular weight is 328 g/mol. The molecule has 0 saturated carbocycles. The predicted molar refractivity (Wildman–Crippen MR) is 97.1 cm³/mol. The molecule has 1 fully saturated rings. The number of hydrogen-bond acceptors (Lipinski definition) is 2. The Labute approximate surface area is 143 Å². The Morgan fingerprint density at radius 1 is 1.26 bits per heavy atom. The number of thiocarbonyl (C=S) groups is 1. The number of nitrogens with zero attached hydrogens (tertiary/aromatic N) is 3. The summed E-state index contributed by atoms with van der Waals surface area (Å²) in [7, 11) is 0. The number of aromatic nitrogens is 2. The van der Waals surface area contributed by atoms with E-state index in [1.165, 1.54) is 5.69 Å². The molecule has 0 amide bonds. The fourth-order valence-electron chi connectivity index (χ4n) is 3.30. The van der Waals surface area contributed by atoms with Crippen LogP contribution in [0.2, 0.25) is 0 Å². The molecular formula is C18H24N4S. The summed E-state index contributed by atoms with van der Waals surface area (Å²) in [6.45, 7) is 8.52. The lowest BCUT2D eigenvalue weighted by molar-refractivity contribution is 0.277. The maximum atomic E-state index is 5.64. The Hall–Kier alpha value is -1.88. The van der Waals surface area contributed by atoms with Crippen LogP contribution < -0.4 is 5.32 Å². The molecule has 3 rings (SSSR count). The third-order valence-corrected chi connectivity index (χ3v) is 4.62. The van der Waals surface area contributed by atoms with Crippen LogP contribution in [0.4, 0.5) is 0 Å². The maximum absolute atomic E-state index is 5.64. The molecule has 5 heteroatoms. The van der Waals surface area contributed by atoms with Crippen molar-refractivity contribution in [2.24, 2.45) is 5.92 Å². The van der Waals surface area contributed by atoms with Crippen molar-refractivity contribution in [3.63, 3.8) is 0 Å². The van der Waals surface area contributed by atoms with Crippen molar-refractivity contribution in [1.29, 1.82) is 0 Å². The molecule has 23 heavy (non-hydrogen) atoms. The molecule has 1 N–H and O–H groups in total. The van der Waals surface area contributed by atoms with E-state index in [4.69, 9.17) is 12.2 Å². The van der Waals surface area contributed by atoms with Gasteiger partial charge in [-0.1, -0.05) is 19.9 Å². The van der Waals surface area contributed by atoms with Gasteiger partial charge in [-0.3, -0.25) is 4.98 Å². The van der Waals surface area contributed by atoms with Crippen LogP contribution in [-0.2, 0) is 6.54 Å². The minimum atomic E-state index is 0.0858. The minimum Gasteiger partial charge on any atom is -0.352 e. The monoisotopic (exact) mass is 328 g/mol. The molecule has 2 atom stereocenters.